The number of carboxylic acids is 2. The molecule has 0 aromatic carbocycles. The molecule has 1 aliphatic rings. The topological polar surface area (TPSA) is 74.6 Å². The summed E-state index contributed by atoms with van der Waals surface area (Å²) in [5, 5.41) is 16.7. The summed E-state index contributed by atoms with van der Waals surface area (Å²) < 4.78 is 0. The standard InChI is InChI=1S/C6H6O4/c7-5(8)3-1-2-4(3)6(9)10/h1-4H,(H,7,8)(H,9,10)/t3-,4+. The van der Waals surface area contributed by atoms with Crippen LogP contribution >= 0.6 is 0 Å². The second-order valence-electron chi connectivity index (χ2n) is 2.11. The van der Waals surface area contributed by atoms with Crippen molar-refractivity contribution in [2.75, 3.05) is 0 Å². The molecule has 0 saturated heterocycles. The second kappa shape index (κ2) is 2.13. The van der Waals surface area contributed by atoms with Crippen molar-refractivity contribution in [1.82, 2.24) is 0 Å². The zero-order chi connectivity index (χ0) is 7.72. The predicted octanol–water partition coefficient (Wildman–Crippen LogP) is -0.0422. The minimum atomic E-state index is -1.07. The van der Waals surface area contributed by atoms with Crippen molar-refractivity contribution in [1.29, 1.82) is 0 Å². The number of carboxylic acid groups (broad SMARTS) is 2. The average molecular weight is 142 g/mol. The third-order valence-electron chi connectivity index (χ3n) is 1.48. The van der Waals surface area contributed by atoms with Crippen molar-refractivity contribution in [3.63, 3.8) is 0 Å². The van der Waals surface area contributed by atoms with Crippen LogP contribution in [-0.4, -0.2) is 22.2 Å². The lowest BCUT2D eigenvalue weighted by Crippen LogP contribution is -2.32. The fraction of sp³-hybridized carbons (Fsp3) is 0.333. The minimum absolute atomic E-state index is 0.822. The molecule has 4 nitrogen and oxygen atoms in total. The Morgan fingerprint density at radius 1 is 1.00 bits per heavy atom. The van der Waals surface area contributed by atoms with Gasteiger partial charge in [0.1, 0.15) is 0 Å². The molecule has 0 unspecified atom stereocenters. The Kier molecular flexibility index (Phi) is 1.45. The molecule has 0 amide bonds. The molecular weight excluding hydrogens is 136 g/mol. The van der Waals surface area contributed by atoms with Crippen molar-refractivity contribution in [3.8, 4) is 0 Å². The molecule has 4 heteroatoms. The summed E-state index contributed by atoms with van der Waals surface area (Å²) in [6.45, 7) is 0. The number of rotatable bonds is 2. The van der Waals surface area contributed by atoms with Crippen molar-refractivity contribution < 1.29 is 19.8 Å². The van der Waals surface area contributed by atoms with Crippen molar-refractivity contribution in [2.24, 2.45) is 11.8 Å². The van der Waals surface area contributed by atoms with Gasteiger partial charge in [-0.2, -0.15) is 0 Å². The van der Waals surface area contributed by atoms with E-state index >= 15 is 0 Å². The number of carbonyl (C=O) groups is 2. The number of hydrogen-bond acceptors (Lipinski definition) is 2. The van der Waals surface area contributed by atoms with E-state index in [2.05, 4.69) is 0 Å². The Balaban J connectivity index is 2.63. The van der Waals surface area contributed by atoms with Crippen molar-refractivity contribution in [3.05, 3.63) is 12.2 Å². The molecule has 2 N–H and O–H groups in total. The number of hydrogen-bond donors (Lipinski definition) is 2. The lowest BCUT2D eigenvalue weighted by Gasteiger charge is -2.20. The Labute approximate surface area is 56.8 Å². The molecule has 0 aromatic heterocycles. The summed E-state index contributed by atoms with van der Waals surface area (Å²) in [5.74, 6) is -3.79. The highest BCUT2D eigenvalue weighted by Gasteiger charge is 2.35. The van der Waals surface area contributed by atoms with Crippen LogP contribution in [0.2, 0.25) is 0 Å². The van der Waals surface area contributed by atoms with Crippen LogP contribution in [0.5, 0.6) is 0 Å². The third-order valence-corrected chi connectivity index (χ3v) is 1.48. The van der Waals surface area contributed by atoms with Gasteiger partial charge in [0.15, 0.2) is 0 Å². The van der Waals surface area contributed by atoms with E-state index in [-0.39, 0.29) is 0 Å². The number of aliphatic carboxylic acids is 2. The summed E-state index contributed by atoms with van der Waals surface area (Å²) in [5.41, 5.74) is 0. The van der Waals surface area contributed by atoms with Gasteiger partial charge in [-0.1, -0.05) is 12.2 Å². The quantitative estimate of drug-likeness (QED) is 0.530. The maximum atomic E-state index is 10.2. The molecule has 1 aliphatic carbocycles. The molecule has 0 saturated carbocycles. The van der Waals surface area contributed by atoms with E-state index in [1.165, 1.54) is 12.2 Å². The lowest BCUT2D eigenvalue weighted by atomic mass is 9.82. The van der Waals surface area contributed by atoms with Gasteiger partial charge in [0.05, 0.1) is 11.8 Å². The molecule has 0 spiro atoms. The Morgan fingerprint density at radius 3 is 1.40 bits per heavy atom. The molecule has 0 heterocycles. The van der Waals surface area contributed by atoms with Crippen LogP contribution in [0.25, 0.3) is 0 Å². The molecule has 0 aromatic rings. The van der Waals surface area contributed by atoms with Crippen LogP contribution in [0.15, 0.2) is 12.2 Å². The van der Waals surface area contributed by atoms with E-state index in [0.29, 0.717) is 0 Å². The molecule has 0 bridgehead atoms. The van der Waals surface area contributed by atoms with Crippen LogP contribution in [0.4, 0.5) is 0 Å². The molecular formula is C6H6O4. The van der Waals surface area contributed by atoms with Gasteiger partial charge in [-0.05, 0) is 0 Å². The predicted molar refractivity (Wildman–Crippen MR) is 31.4 cm³/mol. The van der Waals surface area contributed by atoms with Gasteiger partial charge in [0.2, 0.25) is 0 Å². The normalized spacial score (nSPS) is 29.2. The van der Waals surface area contributed by atoms with Gasteiger partial charge in [0.25, 0.3) is 0 Å². The highest BCUT2D eigenvalue weighted by Crippen LogP contribution is 2.25. The van der Waals surface area contributed by atoms with E-state index < -0.39 is 23.8 Å². The zero-order valence-electron chi connectivity index (χ0n) is 5.02. The molecule has 0 radical (unpaired) electrons. The summed E-state index contributed by atoms with van der Waals surface area (Å²) in [7, 11) is 0. The molecule has 10 heavy (non-hydrogen) atoms. The molecule has 1 rings (SSSR count). The van der Waals surface area contributed by atoms with E-state index in [1.807, 2.05) is 0 Å². The van der Waals surface area contributed by atoms with Gasteiger partial charge in [-0.15, -0.1) is 0 Å². The molecule has 0 fully saturated rings. The third kappa shape index (κ3) is 0.877. The smallest absolute Gasteiger partial charge is 0.311 e. The van der Waals surface area contributed by atoms with Crippen LogP contribution < -0.4 is 0 Å². The van der Waals surface area contributed by atoms with E-state index in [4.69, 9.17) is 10.2 Å². The van der Waals surface area contributed by atoms with Gasteiger partial charge < -0.3 is 10.2 Å². The van der Waals surface area contributed by atoms with Gasteiger partial charge >= 0.3 is 11.9 Å². The van der Waals surface area contributed by atoms with Crippen molar-refractivity contribution in [2.45, 2.75) is 0 Å². The van der Waals surface area contributed by atoms with E-state index in [9.17, 15) is 9.59 Å². The summed E-state index contributed by atoms with van der Waals surface area (Å²) >= 11 is 0. The van der Waals surface area contributed by atoms with Crippen LogP contribution in [0, 0.1) is 11.8 Å². The molecule has 0 aliphatic heterocycles. The maximum Gasteiger partial charge on any atom is 0.311 e. The molecule has 2 atom stereocenters. The largest absolute Gasteiger partial charge is 0.481 e. The van der Waals surface area contributed by atoms with Crippen LogP contribution in [-0.2, 0) is 9.59 Å². The maximum absolute atomic E-state index is 10.2. The minimum Gasteiger partial charge on any atom is -0.481 e. The Hall–Kier alpha value is -1.32. The monoisotopic (exact) mass is 142 g/mol. The summed E-state index contributed by atoms with van der Waals surface area (Å²) in [6.07, 6.45) is 2.75. The summed E-state index contributed by atoms with van der Waals surface area (Å²) in [6, 6.07) is 0. The summed E-state index contributed by atoms with van der Waals surface area (Å²) in [4.78, 5) is 20.4. The Morgan fingerprint density at radius 2 is 1.30 bits per heavy atom. The highest BCUT2D eigenvalue weighted by molar-refractivity contribution is 5.85. The Bertz CT molecular complexity index is 184. The fourth-order valence-electron chi connectivity index (χ4n) is 0.805. The average Bonchev–Trinajstić information content (AvgIpc) is 1.56. The highest BCUT2D eigenvalue weighted by atomic mass is 16.4. The van der Waals surface area contributed by atoms with Crippen LogP contribution in [0.1, 0.15) is 0 Å². The first kappa shape index (κ1) is 6.80. The first-order valence-corrected chi connectivity index (χ1v) is 2.77. The first-order valence-electron chi connectivity index (χ1n) is 2.77. The van der Waals surface area contributed by atoms with E-state index in [0.717, 1.165) is 0 Å². The van der Waals surface area contributed by atoms with Crippen molar-refractivity contribution >= 4 is 11.9 Å². The fourth-order valence-corrected chi connectivity index (χ4v) is 0.805. The van der Waals surface area contributed by atoms with Gasteiger partial charge in [-0.3, -0.25) is 9.59 Å². The SMILES string of the molecule is O=C(O)[C@H]1C=C[C@H]1C(=O)O. The van der Waals surface area contributed by atoms with Gasteiger partial charge in [-0.25, -0.2) is 0 Å². The lowest BCUT2D eigenvalue weighted by molar-refractivity contribution is -0.151. The second-order valence-corrected chi connectivity index (χ2v) is 2.11. The zero-order valence-corrected chi connectivity index (χ0v) is 5.02. The van der Waals surface area contributed by atoms with E-state index in [1.54, 1.807) is 0 Å². The van der Waals surface area contributed by atoms with Crippen LogP contribution in [0.3, 0.4) is 0 Å². The molecule has 54 valence electrons. The van der Waals surface area contributed by atoms with Gasteiger partial charge in [0, 0.05) is 0 Å². The first-order chi connectivity index (χ1) is 4.63.